The Morgan fingerprint density at radius 2 is 2.17 bits per heavy atom. The zero-order valence-corrected chi connectivity index (χ0v) is 15.7. The first-order chi connectivity index (χ1) is 11.6. The van der Waals surface area contributed by atoms with E-state index in [0.717, 1.165) is 28.5 Å². The minimum Gasteiger partial charge on any atom is -0.497 e. The van der Waals surface area contributed by atoms with E-state index in [4.69, 9.17) is 9.15 Å². The third kappa shape index (κ3) is 3.88. The van der Waals surface area contributed by atoms with E-state index < -0.39 is 3.90 Å². The second kappa shape index (κ2) is 7.51. The Bertz CT molecular complexity index is 715. The summed E-state index contributed by atoms with van der Waals surface area (Å²) in [5.41, 5.74) is 2.10. The van der Waals surface area contributed by atoms with Gasteiger partial charge in [0.2, 0.25) is 0 Å². The Morgan fingerprint density at radius 1 is 1.38 bits per heavy atom. The van der Waals surface area contributed by atoms with Crippen LogP contribution in [-0.4, -0.2) is 16.8 Å². The van der Waals surface area contributed by atoms with Crippen LogP contribution in [0.15, 0.2) is 65.8 Å². The number of hydrogen-bond acceptors (Lipinski definition) is 5. The second-order valence-corrected chi connectivity index (χ2v) is 8.21. The van der Waals surface area contributed by atoms with E-state index in [1.165, 1.54) is 0 Å². The van der Waals surface area contributed by atoms with Gasteiger partial charge in [0.15, 0.2) is 3.90 Å². The van der Waals surface area contributed by atoms with E-state index in [1.807, 2.05) is 42.5 Å². The van der Waals surface area contributed by atoms with Crippen molar-refractivity contribution < 1.29 is 9.15 Å². The van der Waals surface area contributed by atoms with Crippen molar-refractivity contribution in [3.8, 4) is 5.75 Å². The topological polar surface area (TPSA) is 46.4 Å². The molecule has 24 heavy (non-hydrogen) atoms. The van der Waals surface area contributed by atoms with Crippen LogP contribution in [0.4, 0.5) is 0 Å². The van der Waals surface area contributed by atoms with Gasteiger partial charge in [-0.2, -0.15) is 0 Å². The van der Waals surface area contributed by atoms with Crippen LogP contribution < -0.4 is 15.4 Å². The number of thioether (sulfide) groups is 1. The maximum absolute atomic E-state index is 5.59. The molecule has 1 aromatic heterocycles. The summed E-state index contributed by atoms with van der Waals surface area (Å²) in [4.78, 5) is 0. The molecule has 2 atom stereocenters. The average molecular weight is 407 g/mol. The Labute approximate surface area is 154 Å². The summed E-state index contributed by atoms with van der Waals surface area (Å²) in [6.45, 7) is 3.80. The molecular weight excluding hydrogens is 388 g/mol. The number of furan rings is 1. The molecule has 2 N–H and O–H groups in total. The molecule has 2 unspecified atom stereocenters. The molecule has 0 spiro atoms. The van der Waals surface area contributed by atoms with Crippen molar-refractivity contribution in [3.05, 3.63) is 72.7 Å². The quantitative estimate of drug-likeness (QED) is 0.420. The van der Waals surface area contributed by atoms with Crippen molar-refractivity contribution >= 4 is 33.4 Å². The lowest BCUT2D eigenvalue weighted by molar-refractivity contribution is 0.414. The molecule has 1 aromatic carbocycles. The van der Waals surface area contributed by atoms with E-state index in [-0.39, 0.29) is 6.04 Å². The summed E-state index contributed by atoms with van der Waals surface area (Å²) in [6.07, 6.45) is 5.69. The summed E-state index contributed by atoms with van der Waals surface area (Å²) < 4.78 is 10.3. The fraction of sp³-hybridized carbons (Fsp3) is 0.222. The molecule has 0 bridgehead atoms. The van der Waals surface area contributed by atoms with Crippen molar-refractivity contribution in [1.82, 2.24) is 10.6 Å². The fourth-order valence-electron chi connectivity index (χ4n) is 2.47. The highest BCUT2D eigenvalue weighted by Gasteiger charge is 2.35. The Kier molecular flexibility index (Phi) is 5.38. The molecule has 0 amide bonds. The lowest BCUT2D eigenvalue weighted by Crippen LogP contribution is -2.52. The third-order valence-electron chi connectivity index (χ3n) is 3.62. The zero-order chi connectivity index (χ0) is 17.0. The zero-order valence-electron chi connectivity index (χ0n) is 13.3. The van der Waals surface area contributed by atoms with Gasteiger partial charge in [0.05, 0.1) is 19.4 Å². The molecule has 1 aliphatic rings. The molecule has 2 heterocycles. The van der Waals surface area contributed by atoms with Crippen LogP contribution in [-0.2, 0) is 0 Å². The van der Waals surface area contributed by atoms with Gasteiger partial charge in [-0.05, 0) is 64.0 Å². The Balaban J connectivity index is 1.93. The van der Waals surface area contributed by atoms with Gasteiger partial charge < -0.3 is 14.5 Å². The van der Waals surface area contributed by atoms with Crippen LogP contribution >= 0.6 is 27.7 Å². The van der Waals surface area contributed by atoms with Gasteiger partial charge in [0, 0.05) is 11.4 Å². The van der Waals surface area contributed by atoms with Gasteiger partial charge >= 0.3 is 0 Å². The molecule has 0 saturated heterocycles. The molecule has 0 aliphatic carbocycles. The highest BCUT2D eigenvalue weighted by molar-refractivity contribution is 9.11. The van der Waals surface area contributed by atoms with Crippen molar-refractivity contribution in [2.75, 3.05) is 12.9 Å². The summed E-state index contributed by atoms with van der Waals surface area (Å²) in [7, 11) is 1.67. The highest BCUT2D eigenvalue weighted by atomic mass is 79.9. The van der Waals surface area contributed by atoms with Gasteiger partial charge in [-0.3, -0.25) is 5.32 Å². The summed E-state index contributed by atoms with van der Waals surface area (Å²) in [6, 6.07) is 11.8. The van der Waals surface area contributed by atoms with Crippen LogP contribution in [0.5, 0.6) is 5.75 Å². The Morgan fingerprint density at radius 3 is 2.79 bits per heavy atom. The van der Waals surface area contributed by atoms with E-state index in [0.29, 0.717) is 0 Å². The molecule has 2 aromatic rings. The summed E-state index contributed by atoms with van der Waals surface area (Å²) in [5.74, 6) is 2.50. The number of benzene rings is 1. The largest absolute Gasteiger partial charge is 0.497 e. The number of ether oxygens (including phenoxy) is 1. The van der Waals surface area contributed by atoms with Crippen LogP contribution in [0.2, 0.25) is 0 Å². The van der Waals surface area contributed by atoms with E-state index in [2.05, 4.69) is 39.2 Å². The monoisotopic (exact) mass is 406 g/mol. The molecule has 1 aliphatic heterocycles. The normalized spacial score (nSPS) is 23.2. The van der Waals surface area contributed by atoms with Crippen LogP contribution in [0.25, 0.3) is 5.70 Å². The number of nitrogens with one attached hydrogen (secondary N) is 2. The summed E-state index contributed by atoms with van der Waals surface area (Å²) in [5, 5.41) is 7.02. The predicted octanol–water partition coefficient (Wildman–Crippen LogP) is 4.49. The SMILES string of the molecule is C=CCSC1(Br)NC(c2ccc(OC)cc2)=CC(c2ccco2)N1. The van der Waals surface area contributed by atoms with Crippen molar-refractivity contribution in [2.45, 2.75) is 9.95 Å². The van der Waals surface area contributed by atoms with Crippen LogP contribution in [0, 0.1) is 0 Å². The van der Waals surface area contributed by atoms with E-state index >= 15 is 0 Å². The van der Waals surface area contributed by atoms with Crippen LogP contribution in [0.3, 0.4) is 0 Å². The molecule has 0 fully saturated rings. The molecule has 6 heteroatoms. The van der Waals surface area contributed by atoms with Gasteiger partial charge in [-0.15, -0.1) is 18.3 Å². The van der Waals surface area contributed by atoms with E-state index in [1.54, 1.807) is 25.1 Å². The van der Waals surface area contributed by atoms with Crippen molar-refractivity contribution in [2.24, 2.45) is 0 Å². The average Bonchev–Trinajstić information content (AvgIpc) is 3.14. The summed E-state index contributed by atoms with van der Waals surface area (Å²) >= 11 is 5.45. The highest BCUT2D eigenvalue weighted by Crippen LogP contribution is 2.37. The van der Waals surface area contributed by atoms with Crippen molar-refractivity contribution in [3.63, 3.8) is 0 Å². The smallest absolute Gasteiger partial charge is 0.195 e. The minimum absolute atomic E-state index is 0.0463. The third-order valence-corrected chi connectivity index (χ3v) is 5.75. The number of alkyl halides is 1. The van der Waals surface area contributed by atoms with Gasteiger partial charge in [-0.25, -0.2) is 0 Å². The molecule has 126 valence electrons. The maximum atomic E-state index is 5.59. The van der Waals surface area contributed by atoms with Gasteiger partial charge in [-0.1, -0.05) is 6.08 Å². The number of methoxy groups -OCH3 is 1. The first kappa shape index (κ1) is 17.2. The van der Waals surface area contributed by atoms with Crippen molar-refractivity contribution in [1.29, 1.82) is 0 Å². The standard InChI is InChI=1S/C18H19BrN2O2S/c1-3-11-24-18(19)20-15(13-6-8-14(22-2)9-7-13)12-16(21-18)17-5-4-10-23-17/h3-10,12,16,20-21H,1,11H2,2H3. The maximum Gasteiger partial charge on any atom is 0.195 e. The molecule has 0 radical (unpaired) electrons. The second-order valence-electron chi connectivity index (χ2n) is 5.27. The van der Waals surface area contributed by atoms with E-state index in [9.17, 15) is 0 Å². The first-order valence-corrected chi connectivity index (χ1v) is 9.31. The van der Waals surface area contributed by atoms with Gasteiger partial charge in [0.25, 0.3) is 0 Å². The number of hydrogen-bond donors (Lipinski definition) is 2. The molecule has 4 nitrogen and oxygen atoms in total. The molecule has 3 rings (SSSR count). The lowest BCUT2D eigenvalue weighted by Gasteiger charge is -2.38. The first-order valence-electron chi connectivity index (χ1n) is 7.53. The number of rotatable bonds is 6. The lowest BCUT2D eigenvalue weighted by atomic mass is 10.1. The molecular formula is C18H19BrN2O2S. The van der Waals surface area contributed by atoms with Crippen LogP contribution in [0.1, 0.15) is 17.4 Å². The minimum atomic E-state index is -0.511. The molecule has 0 saturated carbocycles. The Hall–Kier alpha value is -1.63. The fourth-order valence-corrected chi connectivity index (χ4v) is 4.07. The predicted molar refractivity (Wildman–Crippen MR) is 103 cm³/mol. The van der Waals surface area contributed by atoms with Gasteiger partial charge in [0.1, 0.15) is 11.5 Å². The number of halogens is 1.